The molecule has 0 spiro atoms. The Morgan fingerprint density at radius 2 is 1.91 bits per heavy atom. The Bertz CT molecular complexity index is 745. The number of carbonyl (C=O) groups is 1. The van der Waals surface area contributed by atoms with Crippen molar-refractivity contribution in [2.75, 3.05) is 31.1 Å². The third-order valence-corrected chi connectivity index (χ3v) is 5.73. The van der Waals surface area contributed by atoms with E-state index in [0.717, 1.165) is 50.3 Å². The van der Waals surface area contributed by atoms with Crippen molar-refractivity contribution in [3.05, 3.63) is 35.9 Å². The van der Waals surface area contributed by atoms with E-state index >= 15 is 0 Å². The molecule has 1 aromatic carbocycles. The maximum Gasteiger partial charge on any atom is 0.239 e. The first kappa shape index (κ1) is 26.2. The first-order valence-electron chi connectivity index (χ1n) is 12.1. The van der Waals surface area contributed by atoms with Gasteiger partial charge in [-0.15, -0.1) is 0 Å². The lowest BCUT2D eigenvalue weighted by atomic mass is 9.99. The van der Waals surface area contributed by atoms with Crippen molar-refractivity contribution in [1.82, 2.24) is 4.90 Å². The Morgan fingerprint density at radius 1 is 1.25 bits per heavy atom. The Morgan fingerprint density at radius 3 is 2.47 bits per heavy atom. The number of amides is 1. The van der Waals surface area contributed by atoms with E-state index in [0.29, 0.717) is 12.5 Å². The van der Waals surface area contributed by atoms with Gasteiger partial charge in [-0.3, -0.25) is 4.79 Å². The van der Waals surface area contributed by atoms with Crippen LogP contribution in [0.3, 0.4) is 0 Å². The molecule has 0 saturated carbocycles. The van der Waals surface area contributed by atoms with Crippen molar-refractivity contribution in [3.63, 3.8) is 0 Å². The molecule has 1 aromatic rings. The summed E-state index contributed by atoms with van der Waals surface area (Å²) in [6.45, 7) is 18.0. The zero-order valence-electron chi connectivity index (χ0n) is 21.4. The second-order valence-electron chi connectivity index (χ2n) is 11.1. The number of piperidine rings is 1. The SMILES string of the molecule is CC(C)=CCN(c1ccc(OCC(C)(C)C)cc1)C1CCCN(C(=O)[C@@H](N)CC(C)C)C1. The van der Waals surface area contributed by atoms with Crippen molar-refractivity contribution in [2.24, 2.45) is 17.1 Å². The van der Waals surface area contributed by atoms with E-state index in [9.17, 15) is 4.79 Å². The van der Waals surface area contributed by atoms with E-state index in [-0.39, 0.29) is 17.4 Å². The summed E-state index contributed by atoms with van der Waals surface area (Å²) in [6.07, 6.45) is 5.07. The number of likely N-dealkylation sites (tertiary alicyclic amines) is 1. The molecule has 1 saturated heterocycles. The third-order valence-electron chi connectivity index (χ3n) is 5.73. The minimum absolute atomic E-state index is 0.0940. The minimum atomic E-state index is -0.403. The highest BCUT2D eigenvalue weighted by molar-refractivity contribution is 5.81. The second-order valence-corrected chi connectivity index (χ2v) is 11.1. The standard InChI is InChI=1S/C27H45N3O2/c1-20(2)14-16-30(22-10-12-24(13-11-22)32-19-27(5,6)7)23-9-8-15-29(18-23)26(31)25(28)17-21(3)4/h10-14,21,23,25H,8-9,15-19,28H2,1-7H3/t23?,25-/m0/s1. The zero-order valence-corrected chi connectivity index (χ0v) is 21.4. The van der Waals surface area contributed by atoms with Gasteiger partial charge < -0.3 is 20.3 Å². The predicted octanol–water partition coefficient (Wildman–Crippen LogP) is 5.25. The second kappa shape index (κ2) is 11.7. The number of hydrogen-bond acceptors (Lipinski definition) is 4. The summed E-state index contributed by atoms with van der Waals surface area (Å²) in [5.74, 6) is 1.41. The van der Waals surface area contributed by atoms with Crippen molar-refractivity contribution in [2.45, 2.75) is 79.8 Å². The zero-order chi connectivity index (χ0) is 23.9. The van der Waals surface area contributed by atoms with E-state index in [1.54, 1.807) is 0 Å². The van der Waals surface area contributed by atoms with Crippen LogP contribution < -0.4 is 15.4 Å². The molecule has 5 heteroatoms. The minimum Gasteiger partial charge on any atom is -0.493 e. The number of carbonyl (C=O) groups excluding carboxylic acids is 1. The average molecular weight is 444 g/mol. The highest BCUT2D eigenvalue weighted by atomic mass is 16.5. The fraction of sp³-hybridized carbons (Fsp3) is 0.667. The molecule has 1 amide bonds. The van der Waals surface area contributed by atoms with Crippen LogP contribution >= 0.6 is 0 Å². The molecule has 1 aliphatic heterocycles. The van der Waals surface area contributed by atoms with Crippen LogP contribution in [0.4, 0.5) is 5.69 Å². The first-order valence-corrected chi connectivity index (χ1v) is 12.1. The van der Waals surface area contributed by atoms with Gasteiger partial charge in [-0.25, -0.2) is 0 Å². The van der Waals surface area contributed by atoms with Crippen LogP contribution in [0.2, 0.25) is 0 Å². The molecule has 2 atom stereocenters. The molecule has 5 nitrogen and oxygen atoms in total. The molecular formula is C27H45N3O2. The number of nitrogens with zero attached hydrogens (tertiary/aromatic N) is 2. The van der Waals surface area contributed by atoms with Crippen LogP contribution in [0.5, 0.6) is 5.75 Å². The summed E-state index contributed by atoms with van der Waals surface area (Å²) < 4.78 is 5.96. The largest absolute Gasteiger partial charge is 0.493 e. The molecule has 1 unspecified atom stereocenters. The smallest absolute Gasteiger partial charge is 0.239 e. The lowest BCUT2D eigenvalue weighted by molar-refractivity contribution is -0.134. The molecule has 0 radical (unpaired) electrons. The van der Waals surface area contributed by atoms with Crippen molar-refractivity contribution < 1.29 is 9.53 Å². The number of nitrogens with two attached hydrogens (primary N) is 1. The van der Waals surface area contributed by atoms with Crippen LogP contribution in [0.25, 0.3) is 0 Å². The molecule has 32 heavy (non-hydrogen) atoms. The van der Waals surface area contributed by atoms with E-state index in [1.165, 1.54) is 5.57 Å². The van der Waals surface area contributed by atoms with Crippen LogP contribution in [0.1, 0.15) is 67.7 Å². The Labute approximate surface area is 196 Å². The third kappa shape index (κ3) is 8.50. The fourth-order valence-corrected chi connectivity index (χ4v) is 4.03. The number of benzene rings is 1. The van der Waals surface area contributed by atoms with Gasteiger partial charge in [-0.2, -0.15) is 0 Å². The highest BCUT2D eigenvalue weighted by Gasteiger charge is 2.30. The van der Waals surface area contributed by atoms with Gasteiger partial charge in [-0.05, 0) is 68.7 Å². The number of rotatable bonds is 9. The van der Waals surface area contributed by atoms with Gasteiger partial charge in [0, 0.05) is 31.4 Å². The quantitative estimate of drug-likeness (QED) is 0.530. The van der Waals surface area contributed by atoms with Gasteiger partial charge in [-0.1, -0.05) is 46.3 Å². The van der Waals surface area contributed by atoms with Crippen LogP contribution in [0.15, 0.2) is 35.9 Å². The fourth-order valence-electron chi connectivity index (χ4n) is 4.03. The van der Waals surface area contributed by atoms with E-state index in [4.69, 9.17) is 10.5 Å². The van der Waals surface area contributed by atoms with E-state index < -0.39 is 6.04 Å². The molecule has 2 rings (SSSR count). The summed E-state index contributed by atoms with van der Waals surface area (Å²) in [4.78, 5) is 17.4. The first-order chi connectivity index (χ1) is 15.0. The average Bonchev–Trinajstić information content (AvgIpc) is 2.71. The molecular weight excluding hydrogens is 398 g/mol. The monoisotopic (exact) mass is 443 g/mol. The highest BCUT2D eigenvalue weighted by Crippen LogP contribution is 2.27. The number of anilines is 1. The summed E-state index contributed by atoms with van der Waals surface area (Å²) in [5.41, 5.74) is 8.81. The molecule has 0 aromatic heterocycles. The Balaban J connectivity index is 2.15. The van der Waals surface area contributed by atoms with Crippen LogP contribution in [0, 0.1) is 11.3 Å². The van der Waals surface area contributed by atoms with Crippen LogP contribution in [-0.2, 0) is 4.79 Å². The molecule has 1 aliphatic rings. The van der Waals surface area contributed by atoms with Crippen LogP contribution in [-0.4, -0.2) is 49.1 Å². The predicted molar refractivity (Wildman–Crippen MR) is 135 cm³/mol. The number of ether oxygens (including phenoxy) is 1. The number of hydrogen-bond donors (Lipinski definition) is 1. The maximum atomic E-state index is 13.0. The van der Waals surface area contributed by atoms with Gasteiger partial charge in [0.15, 0.2) is 0 Å². The molecule has 2 N–H and O–H groups in total. The summed E-state index contributed by atoms with van der Waals surface area (Å²) >= 11 is 0. The van der Waals surface area contributed by atoms with Gasteiger partial charge in [0.05, 0.1) is 12.6 Å². The molecule has 0 aliphatic carbocycles. The van der Waals surface area contributed by atoms with Gasteiger partial charge in [0.25, 0.3) is 0 Å². The number of allylic oxidation sites excluding steroid dienone is 1. The lowest BCUT2D eigenvalue weighted by Crippen LogP contribution is -2.54. The molecule has 1 fully saturated rings. The van der Waals surface area contributed by atoms with Gasteiger partial charge in [0.2, 0.25) is 5.91 Å². The molecule has 0 bridgehead atoms. The summed E-state index contributed by atoms with van der Waals surface area (Å²) in [6, 6.07) is 8.27. The van der Waals surface area contributed by atoms with Gasteiger partial charge >= 0.3 is 0 Å². The topological polar surface area (TPSA) is 58.8 Å². The summed E-state index contributed by atoms with van der Waals surface area (Å²) in [7, 11) is 0. The van der Waals surface area contributed by atoms with Gasteiger partial charge in [0.1, 0.15) is 5.75 Å². The molecule has 1 heterocycles. The lowest BCUT2D eigenvalue weighted by Gasteiger charge is -2.41. The maximum absolute atomic E-state index is 13.0. The summed E-state index contributed by atoms with van der Waals surface area (Å²) in [5, 5.41) is 0. The normalized spacial score (nSPS) is 17.8. The van der Waals surface area contributed by atoms with Crippen molar-refractivity contribution >= 4 is 11.6 Å². The van der Waals surface area contributed by atoms with E-state index in [2.05, 4.69) is 83.7 Å². The molecule has 180 valence electrons. The van der Waals surface area contributed by atoms with Crippen molar-refractivity contribution in [3.8, 4) is 5.75 Å². The Hall–Kier alpha value is -2.01. The van der Waals surface area contributed by atoms with Crippen molar-refractivity contribution in [1.29, 1.82) is 0 Å². The van der Waals surface area contributed by atoms with E-state index in [1.807, 2.05) is 4.90 Å². The Kier molecular flexibility index (Phi) is 9.63.